The molecule has 1 atom stereocenters. The number of aromatic amines is 1. The number of nitrogens with zero attached hydrogens (tertiary/aromatic N) is 7. The molecule has 4 aromatic rings. The number of aromatic nitrogens is 7. The molecule has 0 aliphatic rings. The van der Waals surface area contributed by atoms with Crippen molar-refractivity contribution in [1.82, 2.24) is 41.0 Å². The van der Waals surface area contributed by atoms with Crippen molar-refractivity contribution >= 4 is 34.2 Å². The number of thiazole rings is 1. The third-order valence-corrected chi connectivity index (χ3v) is 6.02. The molecule has 0 spiro atoms. The van der Waals surface area contributed by atoms with Gasteiger partial charge in [0, 0.05) is 18.3 Å². The number of benzene rings is 1. The monoisotopic (exact) mass is 496 g/mol. The van der Waals surface area contributed by atoms with Crippen molar-refractivity contribution in [3.63, 3.8) is 0 Å². The lowest BCUT2D eigenvalue weighted by Gasteiger charge is -2.24. The molecule has 0 saturated carbocycles. The summed E-state index contributed by atoms with van der Waals surface area (Å²) in [5.41, 5.74) is 5.14. The summed E-state index contributed by atoms with van der Waals surface area (Å²) in [5, 5.41) is 38.7. The van der Waals surface area contributed by atoms with Crippen LogP contribution >= 0.6 is 11.3 Å². The molecule has 0 saturated heterocycles. The van der Waals surface area contributed by atoms with Gasteiger partial charge in [-0.25, -0.2) is 19.8 Å². The number of carboxylic acids is 1. The van der Waals surface area contributed by atoms with Crippen LogP contribution in [0.25, 0.3) is 11.4 Å². The summed E-state index contributed by atoms with van der Waals surface area (Å²) in [6.07, 6.45) is 1.90. The van der Waals surface area contributed by atoms with E-state index >= 15 is 0 Å². The van der Waals surface area contributed by atoms with Crippen molar-refractivity contribution in [2.45, 2.75) is 39.5 Å². The summed E-state index contributed by atoms with van der Waals surface area (Å²) in [6, 6.07) is 9.41. The Morgan fingerprint density at radius 2 is 2.03 bits per heavy atom. The number of tetrazole rings is 1. The van der Waals surface area contributed by atoms with Gasteiger partial charge in [-0.1, -0.05) is 48.9 Å². The Balaban J connectivity index is 1.52. The standard InChI is InChI=1S/C21H24N10O3S/c1-3-4-16(32)28-31(21-24-12(2)17(35-21)19(33)34)20-22-10-9-15(25-20)23-11-13-5-7-14(8-6-13)18-26-29-30-27-18/h5-10,16,28,32H,3-4,11H2,1-2H3,(H,33,34)(H,22,23,25)(H,26,27,29,30). The van der Waals surface area contributed by atoms with Crippen LogP contribution in [-0.4, -0.2) is 58.0 Å². The Bertz CT molecular complexity index is 1260. The number of H-pyrrole nitrogens is 1. The van der Waals surface area contributed by atoms with Crippen LogP contribution in [-0.2, 0) is 6.54 Å². The average molecular weight is 497 g/mol. The highest BCUT2D eigenvalue weighted by Gasteiger charge is 2.23. The van der Waals surface area contributed by atoms with E-state index in [1.165, 1.54) is 5.01 Å². The highest BCUT2D eigenvalue weighted by Crippen LogP contribution is 2.29. The molecule has 35 heavy (non-hydrogen) atoms. The Labute approximate surface area is 204 Å². The molecule has 5 N–H and O–H groups in total. The van der Waals surface area contributed by atoms with Crippen LogP contribution in [0.4, 0.5) is 16.9 Å². The number of hydrogen-bond donors (Lipinski definition) is 5. The molecule has 0 amide bonds. The van der Waals surface area contributed by atoms with Crippen molar-refractivity contribution in [2.75, 3.05) is 10.3 Å². The minimum absolute atomic E-state index is 0.107. The molecule has 4 rings (SSSR count). The largest absolute Gasteiger partial charge is 0.477 e. The van der Waals surface area contributed by atoms with Crippen LogP contribution in [0.2, 0.25) is 0 Å². The molecule has 0 aliphatic carbocycles. The van der Waals surface area contributed by atoms with Gasteiger partial charge >= 0.3 is 5.97 Å². The van der Waals surface area contributed by atoms with E-state index < -0.39 is 12.2 Å². The molecule has 0 radical (unpaired) electrons. The number of aliphatic hydroxyl groups excluding tert-OH is 1. The van der Waals surface area contributed by atoms with Gasteiger partial charge in [0.2, 0.25) is 16.9 Å². The van der Waals surface area contributed by atoms with Crippen molar-refractivity contribution in [3.8, 4) is 11.4 Å². The van der Waals surface area contributed by atoms with Gasteiger partial charge in [0.05, 0.1) is 5.69 Å². The fraction of sp³-hybridized carbons (Fsp3) is 0.286. The molecule has 3 aromatic heterocycles. The second-order valence-electron chi connectivity index (χ2n) is 7.51. The second-order valence-corrected chi connectivity index (χ2v) is 8.49. The van der Waals surface area contributed by atoms with Crippen LogP contribution in [0.3, 0.4) is 0 Å². The van der Waals surface area contributed by atoms with Gasteiger partial charge in [0.15, 0.2) is 0 Å². The minimum atomic E-state index is -1.07. The number of aryl methyl sites for hydroxylation is 1. The zero-order valence-electron chi connectivity index (χ0n) is 19.0. The maximum Gasteiger partial charge on any atom is 0.347 e. The van der Waals surface area contributed by atoms with Gasteiger partial charge in [-0.05, 0) is 30.2 Å². The lowest BCUT2D eigenvalue weighted by molar-refractivity contribution is 0.0701. The van der Waals surface area contributed by atoms with E-state index in [-0.39, 0.29) is 10.8 Å². The molecule has 0 fully saturated rings. The van der Waals surface area contributed by atoms with Gasteiger partial charge in [0.1, 0.15) is 16.9 Å². The smallest absolute Gasteiger partial charge is 0.347 e. The first-order valence-corrected chi connectivity index (χ1v) is 11.6. The van der Waals surface area contributed by atoms with Crippen LogP contribution in [0.1, 0.15) is 40.7 Å². The van der Waals surface area contributed by atoms with E-state index in [1.54, 1.807) is 19.2 Å². The first kappa shape index (κ1) is 24.1. The van der Waals surface area contributed by atoms with Crippen molar-refractivity contribution < 1.29 is 15.0 Å². The fourth-order valence-corrected chi connectivity index (χ4v) is 4.04. The Morgan fingerprint density at radius 1 is 1.23 bits per heavy atom. The summed E-state index contributed by atoms with van der Waals surface area (Å²) in [6.45, 7) is 4.06. The SMILES string of the molecule is CCCC(O)NN(c1nccc(NCc2ccc(-c3nn[nH]n3)cc2)n1)c1nc(C)c(C(=O)O)s1. The molecule has 14 heteroatoms. The van der Waals surface area contributed by atoms with E-state index in [4.69, 9.17) is 0 Å². The molecule has 1 aromatic carbocycles. The maximum atomic E-state index is 11.5. The van der Waals surface area contributed by atoms with Crippen molar-refractivity contribution in [1.29, 1.82) is 0 Å². The van der Waals surface area contributed by atoms with Gasteiger partial charge in [-0.15, -0.1) is 10.2 Å². The average Bonchev–Trinajstić information content (AvgIpc) is 3.52. The number of hydrogen-bond acceptors (Lipinski definition) is 12. The Morgan fingerprint density at radius 3 is 2.69 bits per heavy atom. The van der Waals surface area contributed by atoms with E-state index in [9.17, 15) is 15.0 Å². The van der Waals surface area contributed by atoms with Crippen LogP contribution in [0, 0.1) is 6.92 Å². The lowest BCUT2D eigenvalue weighted by Crippen LogP contribution is -2.42. The third-order valence-electron chi connectivity index (χ3n) is 4.89. The first-order valence-electron chi connectivity index (χ1n) is 10.8. The van der Waals surface area contributed by atoms with Gasteiger partial charge in [-0.2, -0.15) is 15.6 Å². The van der Waals surface area contributed by atoms with Crippen molar-refractivity contribution in [3.05, 3.63) is 52.7 Å². The molecule has 13 nitrogen and oxygen atoms in total. The summed E-state index contributed by atoms with van der Waals surface area (Å²) < 4.78 is 0. The number of aliphatic hydroxyl groups is 1. The summed E-state index contributed by atoms with van der Waals surface area (Å²) in [7, 11) is 0. The highest BCUT2D eigenvalue weighted by atomic mass is 32.1. The lowest BCUT2D eigenvalue weighted by atomic mass is 10.1. The minimum Gasteiger partial charge on any atom is -0.477 e. The summed E-state index contributed by atoms with van der Waals surface area (Å²) in [4.78, 5) is 24.8. The zero-order chi connectivity index (χ0) is 24.8. The molecule has 0 bridgehead atoms. The van der Waals surface area contributed by atoms with E-state index in [0.29, 0.717) is 35.4 Å². The van der Waals surface area contributed by atoms with Gasteiger partial charge in [0.25, 0.3) is 0 Å². The number of hydrazine groups is 1. The predicted octanol–water partition coefficient (Wildman–Crippen LogP) is 2.49. The molecular weight excluding hydrogens is 472 g/mol. The molecule has 0 aliphatic heterocycles. The number of aromatic carboxylic acids is 1. The van der Waals surface area contributed by atoms with Crippen LogP contribution < -0.4 is 15.8 Å². The number of carbonyl (C=O) groups is 1. The normalized spacial score (nSPS) is 11.9. The summed E-state index contributed by atoms with van der Waals surface area (Å²) in [5.74, 6) is 0.206. The quantitative estimate of drug-likeness (QED) is 0.152. The second kappa shape index (κ2) is 10.9. The van der Waals surface area contributed by atoms with E-state index in [0.717, 1.165) is 28.9 Å². The Kier molecular flexibility index (Phi) is 7.54. The Hall–Kier alpha value is -4.01. The first-order chi connectivity index (χ1) is 16.9. The molecule has 3 heterocycles. The molecule has 1 unspecified atom stereocenters. The molecular formula is C21H24N10O3S. The fourth-order valence-electron chi connectivity index (χ4n) is 3.16. The topological polar surface area (TPSA) is 178 Å². The molecule has 182 valence electrons. The van der Waals surface area contributed by atoms with Gasteiger partial charge < -0.3 is 15.5 Å². The van der Waals surface area contributed by atoms with Gasteiger partial charge in [-0.3, -0.25) is 0 Å². The third kappa shape index (κ3) is 5.92. The van der Waals surface area contributed by atoms with Crippen LogP contribution in [0.15, 0.2) is 36.5 Å². The van der Waals surface area contributed by atoms with Crippen LogP contribution in [0.5, 0.6) is 0 Å². The predicted molar refractivity (Wildman–Crippen MR) is 129 cm³/mol. The number of nitrogens with one attached hydrogen (secondary N) is 3. The number of carboxylic acid groups (broad SMARTS) is 1. The summed E-state index contributed by atoms with van der Waals surface area (Å²) >= 11 is 0.971. The highest BCUT2D eigenvalue weighted by molar-refractivity contribution is 7.17. The number of rotatable bonds is 11. The van der Waals surface area contributed by atoms with E-state index in [1.807, 2.05) is 31.2 Å². The maximum absolute atomic E-state index is 11.5. The zero-order valence-corrected chi connectivity index (χ0v) is 19.8. The number of anilines is 3. The van der Waals surface area contributed by atoms with E-state index in [2.05, 4.69) is 46.3 Å². The van der Waals surface area contributed by atoms with Crippen molar-refractivity contribution in [2.24, 2.45) is 0 Å².